The average Bonchev–Trinajstić information content (AvgIpc) is 2.59. The molecule has 2 rings (SSSR count). The topological polar surface area (TPSA) is 34.1 Å². The Kier molecular flexibility index (Phi) is 6.17. The average molecular weight is 328 g/mol. The van der Waals surface area contributed by atoms with Crippen LogP contribution in [0.2, 0.25) is 0 Å². The van der Waals surface area contributed by atoms with E-state index in [-0.39, 0.29) is 0 Å². The van der Waals surface area contributed by atoms with Crippen molar-refractivity contribution in [3.8, 4) is 0 Å². The van der Waals surface area contributed by atoms with Crippen LogP contribution in [0, 0.1) is 5.92 Å². The van der Waals surface area contributed by atoms with E-state index in [1.165, 1.54) is 5.56 Å². The summed E-state index contributed by atoms with van der Waals surface area (Å²) in [5.74, 6) is 0.470. The normalized spacial score (nSPS) is 12.7. The van der Waals surface area contributed by atoms with Crippen molar-refractivity contribution >= 4 is 9.84 Å². The number of hydrogen-bond donors (Lipinski definition) is 0. The number of benzene rings is 2. The summed E-state index contributed by atoms with van der Waals surface area (Å²) in [5.41, 5.74) is 1.33. The number of allylic oxidation sites excluding steroid dienone is 1. The molecule has 0 aliphatic heterocycles. The molecule has 0 radical (unpaired) electrons. The zero-order valence-corrected chi connectivity index (χ0v) is 14.4. The molecule has 0 heterocycles. The molecule has 2 aromatic carbocycles. The van der Waals surface area contributed by atoms with Crippen LogP contribution in [0.4, 0.5) is 0 Å². The Labute approximate surface area is 139 Å². The molecule has 122 valence electrons. The maximum atomic E-state index is 12.4. The van der Waals surface area contributed by atoms with Crippen LogP contribution in [0.15, 0.2) is 77.0 Å². The minimum atomic E-state index is -3.40. The lowest BCUT2D eigenvalue weighted by atomic mass is 9.97. The maximum Gasteiger partial charge on any atom is 0.202 e. The van der Waals surface area contributed by atoms with Gasteiger partial charge < -0.3 is 0 Å². The first kappa shape index (κ1) is 17.5. The van der Waals surface area contributed by atoms with E-state index >= 15 is 0 Å². The van der Waals surface area contributed by atoms with Gasteiger partial charge in [0.15, 0.2) is 0 Å². The molecule has 0 saturated carbocycles. The van der Waals surface area contributed by atoms with Gasteiger partial charge in [-0.3, -0.25) is 0 Å². The van der Waals surface area contributed by atoms with Gasteiger partial charge in [-0.1, -0.05) is 62.0 Å². The van der Waals surface area contributed by atoms with Gasteiger partial charge >= 0.3 is 0 Å². The Balaban J connectivity index is 1.84. The zero-order chi connectivity index (χ0) is 16.7. The summed E-state index contributed by atoms with van der Waals surface area (Å²) in [6.45, 7) is 5.98. The number of aryl methyl sites for hydroxylation is 1. The van der Waals surface area contributed by atoms with Crippen molar-refractivity contribution in [3.63, 3.8) is 0 Å². The van der Waals surface area contributed by atoms with E-state index in [1.54, 1.807) is 24.3 Å². The number of sulfone groups is 1. The fourth-order valence-electron chi connectivity index (χ4n) is 2.51. The molecule has 0 bridgehead atoms. The van der Waals surface area contributed by atoms with Gasteiger partial charge in [0.2, 0.25) is 9.84 Å². The minimum Gasteiger partial charge on any atom is -0.219 e. The number of rotatable bonds is 8. The fraction of sp³-hybridized carbons (Fsp3) is 0.300. The lowest BCUT2D eigenvalue weighted by Crippen LogP contribution is -2.06. The molecule has 0 saturated heterocycles. The molecule has 2 nitrogen and oxygen atoms in total. The SMILES string of the molecule is C=C(CCC(C)CCc1ccccc1)S(=O)(=O)c1ccccc1. The van der Waals surface area contributed by atoms with Crippen LogP contribution in [0.3, 0.4) is 0 Å². The van der Waals surface area contributed by atoms with Crippen LogP contribution in [0.1, 0.15) is 31.7 Å². The standard InChI is InChI=1S/C20H24O2S/c1-17(14-16-19-9-5-3-6-10-19)13-15-18(2)23(21,22)20-11-7-4-8-12-20/h3-12,17H,2,13-16H2,1H3. The van der Waals surface area contributed by atoms with E-state index < -0.39 is 9.84 Å². The highest BCUT2D eigenvalue weighted by molar-refractivity contribution is 7.95. The second-order valence-electron chi connectivity index (χ2n) is 6.02. The van der Waals surface area contributed by atoms with Crippen molar-refractivity contribution in [1.29, 1.82) is 0 Å². The van der Waals surface area contributed by atoms with Gasteiger partial charge in [-0.15, -0.1) is 0 Å². The predicted molar refractivity (Wildman–Crippen MR) is 95.9 cm³/mol. The molecule has 0 aromatic heterocycles. The molecule has 1 atom stereocenters. The second-order valence-corrected chi connectivity index (χ2v) is 8.08. The monoisotopic (exact) mass is 328 g/mol. The van der Waals surface area contributed by atoms with Crippen molar-refractivity contribution in [2.24, 2.45) is 5.92 Å². The van der Waals surface area contributed by atoms with Crippen molar-refractivity contribution < 1.29 is 8.42 Å². The largest absolute Gasteiger partial charge is 0.219 e. The van der Waals surface area contributed by atoms with Crippen LogP contribution in [0.25, 0.3) is 0 Å². The van der Waals surface area contributed by atoms with Crippen molar-refractivity contribution in [2.75, 3.05) is 0 Å². The summed E-state index contributed by atoms with van der Waals surface area (Å²) in [7, 11) is -3.40. The molecule has 0 spiro atoms. The summed E-state index contributed by atoms with van der Waals surface area (Å²) in [6.07, 6.45) is 3.45. The van der Waals surface area contributed by atoms with Crippen LogP contribution >= 0.6 is 0 Å². The molecule has 1 unspecified atom stereocenters. The summed E-state index contributed by atoms with van der Waals surface area (Å²) in [6, 6.07) is 18.9. The summed E-state index contributed by atoms with van der Waals surface area (Å²) >= 11 is 0. The van der Waals surface area contributed by atoms with Gasteiger partial charge in [0.05, 0.1) is 4.90 Å². The Morgan fingerprint density at radius 2 is 1.52 bits per heavy atom. The van der Waals surface area contributed by atoms with E-state index in [1.807, 2.05) is 24.3 Å². The predicted octanol–water partition coefficient (Wildman–Crippen LogP) is 5.02. The van der Waals surface area contributed by atoms with Gasteiger partial charge in [-0.2, -0.15) is 0 Å². The van der Waals surface area contributed by atoms with Crippen molar-refractivity contribution in [1.82, 2.24) is 0 Å². The van der Waals surface area contributed by atoms with Gasteiger partial charge in [-0.05, 0) is 49.3 Å². The molecule has 0 fully saturated rings. The summed E-state index contributed by atoms with van der Waals surface area (Å²) < 4.78 is 24.8. The molecule has 2 aromatic rings. The highest BCUT2D eigenvalue weighted by Crippen LogP contribution is 2.24. The van der Waals surface area contributed by atoms with E-state index in [2.05, 4.69) is 25.6 Å². The Bertz CT molecular complexity index is 719. The first-order chi connectivity index (χ1) is 11.0. The number of hydrogen-bond acceptors (Lipinski definition) is 2. The summed E-state index contributed by atoms with van der Waals surface area (Å²) in [4.78, 5) is 0.650. The van der Waals surface area contributed by atoms with Crippen LogP contribution in [-0.2, 0) is 16.3 Å². The molecule has 23 heavy (non-hydrogen) atoms. The second kappa shape index (κ2) is 8.11. The van der Waals surface area contributed by atoms with Gasteiger partial charge in [0.25, 0.3) is 0 Å². The highest BCUT2D eigenvalue weighted by atomic mass is 32.2. The molecule has 0 N–H and O–H groups in total. The van der Waals surface area contributed by atoms with Crippen LogP contribution in [-0.4, -0.2) is 8.42 Å². The van der Waals surface area contributed by atoms with Crippen LogP contribution in [0.5, 0.6) is 0 Å². The molecular formula is C20H24O2S. The van der Waals surface area contributed by atoms with Gasteiger partial charge in [-0.25, -0.2) is 8.42 Å². The van der Waals surface area contributed by atoms with Gasteiger partial charge in [0.1, 0.15) is 0 Å². The smallest absolute Gasteiger partial charge is 0.202 e. The van der Waals surface area contributed by atoms with E-state index in [0.29, 0.717) is 22.1 Å². The van der Waals surface area contributed by atoms with Crippen molar-refractivity contribution in [3.05, 3.63) is 77.7 Å². The van der Waals surface area contributed by atoms with Crippen LogP contribution < -0.4 is 0 Å². The molecule has 0 aliphatic carbocycles. The molecular weight excluding hydrogens is 304 g/mol. The lowest BCUT2D eigenvalue weighted by Gasteiger charge is -2.13. The zero-order valence-electron chi connectivity index (χ0n) is 13.6. The Hall–Kier alpha value is -1.87. The quantitative estimate of drug-likeness (QED) is 0.681. The van der Waals surface area contributed by atoms with Gasteiger partial charge in [0, 0.05) is 4.91 Å². The third-order valence-electron chi connectivity index (χ3n) is 4.12. The Morgan fingerprint density at radius 1 is 0.957 bits per heavy atom. The minimum absolute atomic E-state index is 0.315. The van der Waals surface area contributed by atoms with E-state index in [0.717, 1.165) is 19.3 Å². The fourth-order valence-corrected chi connectivity index (χ4v) is 3.75. The maximum absolute atomic E-state index is 12.4. The Morgan fingerprint density at radius 3 is 2.13 bits per heavy atom. The third-order valence-corrected chi connectivity index (χ3v) is 5.98. The lowest BCUT2D eigenvalue weighted by molar-refractivity contribution is 0.494. The first-order valence-electron chi connectivity index (χ1n) is 8.02. The van der Waals surface area contributed by atoms with E-state index in [4.69, 9.17) is 0 Å². The molecule has 3 heteroatoms. The first-order valence-corrected chi connectivity index (χ1v) is 9.50. The van der Waals surface area contributed by atoms with E-state index in [9.17, 15) is 8.42 Å². The third kappa shape index (κ3) is 5.07. The van der Waals surface area contributed by atoms with Crippen molar-refractivity contribution in [2.45, 2.75) is 37.5 Å². The summed E-state index contributed by atoms with van der Waals surface area (Å²) in [5, 5.41) is 0. The highest BCUT2D eigenvalue weighted by Gasteiger charge is 2.18. The molecule has 0 aliphatic rings. The molecule has 0 amide bonds.